The second-order valence-corrected chi connectivity index (χ2v) is 10.7. The summed E-state index contributed by atoms with van der Waals surface area (Å²) in [5.41, 5.74) is 3.92. The number of hydrogen-bond donors (Lipinski definition) is 1. The highest BCUT2D eigenvalue weighted by Gasteiger charge is 2.18. The Labute approximate surface area is 218 Å². The lowest BCUT2D eigenvalue weighted by Crippen LogP contribution is -2.02. The van der Waals surface area contributed by atoms with Gasteiger partial charge in [-0.05, 0) is 108 Å². The summed E-state index contributed by atoms with van der Waals surface area (Å²) in [6.45, 7) is 4.24. The van der Waals surface area contributed by atoms with E-state index in [1.54, 1.807) is 19.2 Å². The first-order valence-corrected chi connectivity index (χ1v) is 12.7. The van der Waals surface area contributed by atoms with E-state index in [9.17, 15) is 4.79 Å². The van der Waals surface area contributed by atoms with Crippen LogP contribution in [0.4, 0.5) is 0 Å². The van der Waals surface area contributed by atoms with Crippen LogP contribution < -0.4 is 9.47 Å². The molecule has 1 N–H and O–H groups in total. The number of rotatable bonds is 8. The first-order chi connectivity index (χ1) is 15.2. The molecule has 0 aliphatic heterocycles. The van der Waals surface area contributed by atoms with Crippen LogP contribution in [0, 0.1) is 3.57 Å². The predicted molar refractivity (Wildman–Crippen MR) is 142 cm³/mol. The third-order valence-electron chi connectivity index (χ3n) is 4.94. The van der Waals surface area contributed by atoms with Crippen molar-refractivity contribution in [2.45, 2.75) is 32.6 Å². The first kappa shape index (κ1) is 25.1. The molecule has 0 radical (unpaired) electrons. The third kappa shape index (κ3) is 6.26. The molecule has 3 aromatic carbocycles. The number of carboxylic acids is 1. The molecule has 0 aliphatic carbocycles. The maximum absolute atomic E-state index is 11.1. The van der Waals surface area contributed by atoms with Gasteiger partial charge in [-0.1, -0.05) is 26.0 Å². The van der Waals surface area contributed by atoms with Crippen LogP contribution in [0.5, 0.6) is 17.2 Å². The van der Waals surface area contributed by atoms with Gasteiger partial charge in [0.25, 0.3) is 0 Å². The van der Waals surface area contributed by atoms with Crippen LogP contribution in [-0.2, 0) is 17.6 Å². The van der Waals surface area contributed by atoms with Crippen molar-refractivity contribution >= 4 is 60.4 Å². The summed E-state index contributed by atoms with van der Waals surface area (Å²) < 4.78 is 14.7. The molecule has 3 aromatic rings. The Morgan fingerprint density at radius 2 is 1.72 bits per heavy atom. The predicted octanol–water partition coefficient (Wildman–Crippen LogP) is 7.96. The SMILES string of the molecule is COc1cc(Cc2cccc(I)c2)c(Oc2c(Br)cc(CC(=O)O)cc2Br)cc1C(C)C. The monoisotopic (exact) mass is 672 g/mol. The molecule has 168 valence electrons. The highest BCUT2D eigenvalue weighted by atomic mass is 127. The average molecular weight is 674 g/mol. The molecule has 0 fully saturated rings. The molecule has 0 heterocycles. The Morgan fingerprint density at radius 3 is 2.28 bits per heavy atom. The zero-order valence-corrected chi connectivity index (χ0v) is 23.2. The summed E-state index contributed by atoms with van der Waals surface area (Å²) in [5.74, 6) is 1.55. The van der Waals surface area contributed by atoms with E-state index in [0.717, 1.165) is 22.6 Å². The van der Waals surface area contributed by atoms with Gasteiger partial charge in [-0.25, -0.2) is 0 Å². The summed E-state index contributed by atoms with van der Waals surface area (Å²) in [4.78, 5) is 11.1. The molecule has 0 saturated carbocycles. The Bertz CT molecular complexity index is 1120. The zero-order valence-electron chi connectivity index (χ0n) is 17.9. The number of methoxy groups -OCH3 is 1. The number of halogens is 3. The zero-order chi connectivity index (χ0) is 23.4. The first-order valence-electron chi connectivity index (χ1n) is 10.0. The van der Waals surface area contributed by atoms with Gasteiger partial charge in [-0.3, -0.25) is 4.79 Å². The van der Waals surface area contributed by atoms with Crippen molar-refractivity contribution in [2.24, 2.45) is 0 Å². The molecule has 3 rings (SSSR count). The van der Waals surface area contributed by atoms with Crippen molar-refractivity contribution in [1.29, 1.82) is 0 Å². The van der Waals surface area contributed by atoms with Crippen molar-refractivity contribution < 1.29 is 19.4 Å². The van der Waals surface area contributed by atoms with Gasteiger partial charge in [0.15, 0.2) is 5.75 Å². The summed E-state index contributed by atoms with van der Waals surface area (Å²) in [6.07, 6.45) is 0.628. The maximum Gasteiger partial charge on any atom is 0.307 e. The van der Waals surface area contributed by atoms with Crippen LogP contribution in [0.2, 0.25) is 0 Å². The number of aliphatic carboxylic acids is 1. The van der Waals surface area contributed by atoms with E-state index < -0.39 is 5.97 Å². The minimum Gasteiger partial charge on any atom is -0.496 e. The van der Waals surface area contributed by atoms with Crippen LogP contribution in [0.3, 0.4) is 0 Å². The molecule has 0 aromatic heterocycles. The molecule has 32 heavy (non-hydrogen) atoms. The quantitative estimate of drug-likeness (QED) is 0.247. The molecule has 4 nitrogen and oxygen atoms in total. The van der Waals surface area contributed by atoms with Crippen LogP contribution >= 0.6 is 54.5 Å². The van der Waals surface area contributed by atoms with Crippen molar-refractivity contribution in [3.63, 3.8) is 0 Å². The second-order valence-electron chi connectivity index (χ2n) is 7.72. The highest BCUT2D eigenvalue weighted by molar-refractivity contribution is 14.1. The van der Waals surface area contributed by atoms with Crippen molar-refractivity contribution in [2.75, 3.05) is 7.11 Å². The molecule has 7 heteroatoms. The minimum absolute atomic E-state index is 0.0601. The van der Waals surface area contributed by atoms with Gasteiger partial charge < -0.3 is 14.6 Å². The fourth-order valence-electron chi connectivity index (χ4n) is 3.44. The molecule has 0 unspecified atom stereocenters. The summed E-state index contributed by atoms with van der Waals surface area (Å²) >= 11 is 9.41. The Morgan fingerprint density at radius 1 is 1.03 bits per heavy atom. The number of carboxylic acid groups (broad SMARTS) is 1. The number of ether oxygens (including phenoxy) is 2. The molecular weight excluding hydrogens is 651 g/mol. The normalized spacial score (nSPS) is 11.0. The van der Waals surface area contributed by atoms with Crippen molar-refractivity contribution in [3.05, 3.63) is 83.3 Å². The molecule has 0 aliphatic rings. The molecule has 0 bridgehead atoms. The smallest absolute Gasteiger partial charge is 0.307 e. The van der Waals surface area contributed by atoms with E-state index in [1.807, 2.05) is 18.2 Å². The lowest BCUT2D eigenvalue weighted by molar-refractivity contribution is -0.136. The number of carbonyl (C=O) groups is 1. The molecule has 0 saturated heterocycles. The lowest BCUT2D eigenvalue weighted by atomic mass is 9.96. The lowest BCUT2D eigenvalue weighted by Gasteiger charge is -2.19. The van der Waals surface area contributed by atoms with Gasteiger partial charge in [-0.15, -0.1) is 0 Å². The fraction of sp³-hybridized carbons (Fsp3) is 0.240. The van der Waals surface area contributed by atoms with E-state index in [2.05, 4.69) is 86.5 Å². The summed E-state index contributed by atoms with van der Waals surface area (Å²) in [7, 11) is 1.69. The topological polar surface area (TPSA) is 55.8 Å². The Kier molecular flexibility index (Phi) is 8.63. The van der Waals surface area contributed by atoms with Gasteiger partial charge in [0.05, 0.1) is 22.5 Å². The Hall–Kier alpha value is -1.58. The largest absolute Gasteiger partial charge is 0.496 e. The van der Waals surface area contributed by atoms with Crippen LogP contribution in [0.1, 0.15) is 42.0 Å². The fourth-order valence-corrected chi connectivity index (χ4v) is 5.49. The van der Waals surface area contributed by atoms with Crippen LogP contribution in [-0.4, -0.2) is 18.2 Å². The van der Waals surface area contributed by atoms with E-state index in [0.29, 0.717) is 26.7 Å². The molecular formula is C25H23Br2IO4. The van der Waals surface area contributed by atoms with Gasteiger partial charge in [-0.2, -0.15) is 0 Å². The van der Waals surface area contributed by atoms with Crippen LogP contribution in [0.15, 0.2) is 57.5 Å². The number of benzene rings is 3. The standard InChI is InChI=1S/C25H23Br2IO4/c1-14(2)19-13-22(32-25-20(26)9-16(10-21(25)27)11-24(29)30)17(12-23(19)31-3)7-15-5-4-6-18(28)8-15/h4-6,8-10,12-14H,7,11H2,1-3H3,(H,29,30). The Balaban J connectivity index is 2.07. The van der Waals surface area contributed by atoms with E-state index in [4.69, 9.17) is 14.6 Å². The average Bonchev–Trinajstić information content (AvgIpc) is 2.70. The number of hydrogen-bond acceptors (Lipinski definition) is 3. The van der Waals surface area contributed by atoms with Crippen molar-refractivity contribution in [1.82, 2.24) is 0 Å². The van der Waals surface area contributed by atoms with Gasteiger partial charge >= 0.3 is 5.97 Å². The van der Waals surface area contributed by atoms with E-state index >= 15 is 0 Å². The van der Waals surface area contributed by atoms with E-state index in [1.165, 1.54) is 9.13 Å². The van der Waals surface area contributed by atoms with Gasteiger partial charge in [0.2, 0.25) is 0 Å². The highest BCUT2D eigenvalue weighted by Crippen LogP contribution is 2.42. The van der Waals surface area contributed by atoms with Gasteiger partial charge in [0, 0.05) is 21.1 Å². The van der Waals surface area contributed by atoms with Gasteiger partial charge in [0.1, 0.15) is 11.5 Å². The summed E-state index contributed by atoms with van der Waals surface area (Å²) in [5, 5.41) is 9.11. The third-order valence-corrected chi connectivity index (χ3v) is 6.79. The molecule has 0 amide bonds. The van der Waals surface area contributed by atoms with Crippen molar-refractivity contribution in [3.8, 4) is 17.2 Å². The molecule has 0 spiro atoms. The second kappa shape index (κ2) is 11.0. The summed E-state index contributed by atoms with van der Waals surface area (Å²) in [6, 6.07) is 16.0. The minimum atomic E-state index is -0.881. The molecule has 0 atom stereocenters. The maximum atomic E-state index is 11.1. The van der Waals surface area contributed by atoms with Crippen LogP contribution in [0.25, 0.3) is 0 Å². The van der Waals surface area contributed by atoms with E-state index in [-0.39, 0.29) is 12.3 Å².